The van der Waals surface area contributed by atoms with E-state index in [0.29, 0.717) is 13.2 Å². The smallest absolute Gasteiger partial charge is 0.406 e. The largest absolute Gasteiger partial charge is 0.573 e. The van der Waals surface area contributed by atoms with Crippen LogP contribution in [-0.2, 0) is 4.74 Å². The number of hydrogen-bond acceptors (Lipinski definition) is 3. The molecule has 0 heterocycles. The molecule has 0 spiro atoms. The fraction of sp³-hybridized carbons (Fsp3) is 0.500. The van der Waals surface area contributed by atoms with Crippen molar-refractivity contribution in [3.8, 4) is 5.75 Å². The summed E-state index contributed by atoms with van der Waals surface area (Å²) in [5.74, 6) is -0.225. The quantitative estimate of drug-likeness (QED) is 0.856. The van der Waals surface area contributed by atoms with Crippen molar-refractivity contribution in [2.75, 3.05) is 20.3 Å². The second-order valence-corrected chi connectivity index (χ2v) is 3.62. The highest BCUT2D eigenvalue weighted by atomic mass is 19.4. The first-order valence-corrected chi connectivity index (χ1v) is 5.57. The number of alkyl halides is 3. The topological polar surface area (TPSA) is 30.5 Å². The van der Waals surface area contributed by atoms with Gasteiger partial charge in [0.15, 0.2) is 0 Å². The lowest BCUT2D eigenvalue weighted by atomic mass is 10.1. The van der Waals surface area contributed by atoms with E-state index in [2.05, 4.69) is 10.1 Å². The maximum atomic E-state index is 12.0. The summed E-state index contributed by atoms with van der Waals surface area (Å²) in [7, 11) is 1.77. The molecule has 1 rings (SSSR count). The van der Waals surface area contributed by atoms with Crippen LogP contribution in [0.1, 0.15) is 18.5 Å². The van der Waals surface area contributed by atoms with Crippen molar-refractivity contribution < 1.29 is 22.6 Å². The Balaban J connectivity index is 2.68. The first-order valence-electron chi connectivity index (χ1n) is 5.57. The van der Waals surface area contributed by atoms with E-state index in [0.717, 1.165) is 5.56 Å². The summed E-state index contributed by atoms with van der Waals surface area (Å²) in [5.41, 5.74) is 0.848. The van der Waals surface area contributed by atoms with Crippen LogP contribution in [0.2, 0.25) is 0 Å². The van der Waals surface area contributed by atoms with Crippen LogP contribution in [0, 0.1) is 0 Å². The SMILES string of the molecule is CCOCC(NC)c1ccc(OC(F)(F)F)cc1. The normalized spacial score (nSPS) is 13.4. The third-order valence-electron chi connectivity index (χ3n) is 2.35. The van der Waals surface area contributed by atoms with Gasteiger partial charge in [-0.3, -0.25) is 0 Å². The van der Waals surface area contributed by atoms with E-state index in [9.17, 15) is 13.2 Å². The van der Waals surface area contributed by atoms with Crippen LogP contribution in [0.15, 0.2) is 24.3 Å². The predicted molar refractivity (Wildman–Crippen MR) is 61.4 cm³/mol. The van der Waals surface area contributed by atoms with Crippen molar-refractivity contribution in [1.82, 2.24) is 5.32 Å². The van der Waals surface area contributed by atoms with Crippen LogP contribution < -0.4 is 10.1 Å². The summed E-state index contributed by atoms with van der Waals surface area (Å²) in [4.78, 5) is 0. The van der Waals surface area contributed by atoms with Crippen molar-refractivity contribution in [3.63, 3.8) is 0 Å². The Hall–Kier alpha value is -1.27. The molecule has 1 N–H and O–H groups in total. The summed E-state index contributed by atoms with van der Waals surface area (Å²) in [6.45, 7) is 2.94. The molecule has 0 saturated heterocycles. The van der Waals surface area contributed by atoms with Gasteiger partial charge in [0.1, 0.15) is 5.75 Å². The van der Waals surface area contributed by atoms with Crippen LogP contribution in [0.3, 0.4) is 0 Å². The average Bonchev–Trinajstić information content (AvgIpc) is 2.30. The lowest BCUT2D eigenvalue weighted by Gasteiger charge is -2.17. The van der Waals surface area contributed by atoms with E-state index in [4.69, 9.17) is 4.74 Å². The summed E-state index contributed by atoms with van der Waals surface area (Å²) in [6.07, 6.45) is -4.66. The highest BCUT2D eigenvalue weighted by molar-refractivity contribution is 5.29. The van der Waals surface area contributed by atoms with E-state index in [1.54, 1.807) is 19.2 Å². The van der Waals surface area contributed by atoms with Crippen LogP contribution >= 0.6 is 0 Å². The standard InChI is InChI=1S/C12H16F3NO2/c1-3-17-8-11(16-2)9-4-6-10(7-5-9)18-12(13,14)15/h4-7,11,16H,3,8H2,1-2H3. The first kappa shape index (κ1) is 14.8. The molecule has 18 heavy (non-hydrogen) atoms. The van der Waals surface area contributed by atoms with Gasteiger partial charge in [-0.2, -0.15) is 0 Å². The molecular formula is C12H16F3NO2. The molecule has 0 bridgehead atoms. The molecule has 1 aromatic rings. The summed E-state index contributed by atoms with van der Waals surface area (Å²) in [5, 5.41) is 3.03. The molecule has 0 aromatic heterocycles. The average molecular weight is 263 g/mol. The summed E-state index contributed by atoms with van der Waals surface area (Å²) >= 11 is 0. The molecule has 102 valence electrons. The van der Waals surface area contributed by atoms with Gasteiger partial charge in [-0.15, -0.1) is 13.2 Å². The summed E-state index contributed by atoms with van der Waals surface area (Å²) in [6, 6.07) is 5.70. The fourth-order valence-corrected chi connectivity index (χ4v) is 1.48. The van der Waals surface area contributed by atoms with E-state index < -0.39 is 6.36 Å². The molecule has 0 amide bonds. The van der Waals surface area contributed by atoms with Crippen molar-refractivity contribution >= 4 is 0 Å². The molecule has 1 aromatic carbocycles. The van der Waals surface area contributed by atoms with Gasteiger partial charge in [-0.1, -0.05) is 12.1 Å². The number of halogens is 3. The van der Waals surface area contributed by atoms with E-state index in [-0.39, 0.29) is 11.8 Å². The highest BCUT2D eigenvalue weighted by Gasteiger charge is 2.31. The Morgan fingerprint density at radius 2 is 1.83 bits per heavy atom. The second kappa shape index (κ2) is 6.61. The lowest BCUT2D eigenvalue weighted by Crippen LogP contribution is -2.22. The summed E-state index contributed by atoms with van der Waals surface area (Å²) < 4.78 is 45.0. The van der Waals surface area contributed by atoms with Gasteiger partial charge in [-0.05, 0) is 31.7 Å². The maximum Gasteiger partial charge on any atom is 0.573 e. The third-order valence-corrected chi connectivity index (χ3v) is 2.35. The maximum absolute atomic E-state index is 12.0. The molecule has 0 saturated carbocycles. The number of likely N-dealkylation sites (N-methyl/N-ethyl adjacent to an activating group) is 1. The lowest BCUT2D eigenvalue weighted by molar-refractivity contribution is -0.274. The van der Waals surface area contributed by atoms with Crippen LogP contribution in [0.25, 0.3) is 0 Å². The Bertz CT molecular complexity index is 351. The van der Waals surface area contributed by atoms with Crippen molar-refractivity contribution in [1.29, 1.82) is 0 Å². The molecule has 3 nitrogen and oxygen atoms in total. The van der Waals surface area contributed by atoms with Crippen molar-refractivity contribution in [2.45, 2.75) is 19.3 Å². The van der Waals surface area contributed by atoms with Crippen molar-refractivity contribution in [2.24, 2.45) is 0 Å². The predicted octanol–water partition coefficient (Wildman–Crippen LogP) is 2.88. The van der Waals surface area contributed by atoms with E-state index >= 15 is 0 Å². The van der Waals surface area contributed by atoms with E-state index in [1.807, 2.05) is 6.92 Å². The number of nitrogens with one attached hydrogen (secondary N) is 1. The molecular weight excluding hydrogens is 247 g/mol. The van der Waals surface area contributed by atoms with Crippen LogP contribution in [-0.4, -0.2) is 26.6 Å². The minimum atomic E-state index is -4.66. The molecule has 0 radical (unpaired) electrons. The Morgan fingerprint density at radius 3 is 2.28 bits per heavy atom. The van der Waals surface area contributed by atoms with Gasteiger partial charge in [0.2, 0.25) is 0 Å². The molecule has 0 aliphatic carbocycles. The van der Waals surface area contributed by atoms with Gasteiger partial charge < -0.3 is 14.8 Å². The minimum absolute atomic E-state index is 0.0510. The molecule has 0 aliphatic rings. The van der Waals surface area contributed by atoms with E-state index in [1.165, 1.54) is 12.1 Å². The highest BCUT2D eigenvalue weighted by Crippen LogP contribution is 2.24. The Morgan fingerprint density at radius 1 is 1.22 bits per heavy atom. The third kappa shape index (κ3) is 4.93. The van der Waals surface area contributed by atoms with Gasteiger partial charge >= 0.3 is 6.36 Å². The monoisotopic (exact) mass is 263 g/mol. The van der Waals surface area contributed by atoms with Gasteiger partial charge in [0.25, 0.3) is 0 Å². The number of rotatable bonds is 6. The van der Waals surface area contributed by atoms with Crippen molar-refractivity contribution in [3.05, 3.63) is 29.8 Å². The molecule has 0 aliphatic heterocycles. The number of ether oxygens (including phenoxy) is 2. The van der Waals surface area contributed by atoms with Gasteiger partial charge in [0.05, 0.1) is 12.6 Å². The zero-order valence-electron chi connectivity index (χ0n) is 10.3. The van der Waals surface area contributed by atoms with Gasteiger partial charge in [-0.25, -0.2) is 0 Å². The minimum Gasteiger partial charge on any atom is -0.406 e. The Labute approximate surface area is 104 Å². The van der Waals surface area contributed by atoms with Crippen LogP contribution in [0.5, 0.6) is 5.75 Å². The fourth-order valence-electron chi connectivity index (χ4n) is 1.48. The second-order valence-electron chi connectivity index (χ2n) is 3.62. The zero-order chi connectivity index (χ0) is 13.6. The molecule has 6 heteroatoms. The number of benzene rings is 1. The molecule has 0 fully saturated rings. The Kier molecular flexibility index (Phi) is 5.43. The first-order chi connectivity index (χ1) is 8.46. The number of hydrogen-bond donors (Lipinski definition) is 1. The van der Waals surface area contributed by atoms with Gasteiger partial charge in [0, 0.05) is 6.61 Å². The van der Waals surface area contributed by atoms with Crippen LogP contribution in [0.4, 0.5) is 13.2 Å². The molecule has 1 unspecified atom stereocenters. The molecule has 1 atom stereocenters. The zero-order valence-corrected chi connectivity index (χ0v) is 10.3.